The maximum Gasteiger partial charge on any atom is 0.271 e. The number of halogens is 1. The van der Waals surface area contributed by atoms with Crippen molar-refractivity contribution in [3.05, 3.63) is 63.7 Å². The van der Waals surface area contributed by atoms with Crippen molar-refractivity contribution in [2.45, 2.75) is 13.0 Å². The van der Waals surface area contributed by atoms with Crippen molar-refractivity contribution in [1.82, 2.24) is 0 Å². The molecule has 1 N–H and O–H groups in total. The zero-order valence-corrected chi connectivity index (χ0v) is 15.5. The van der Waals surface area contributed by atoms with Gasteiger partial charge in [0.25, 0.3) is 5.69 Å². The highest BCUT2D eigenvalue weighted by Crippen LogP contribution is 2.26. The normalized spacial score (nSPS) is 12.3. The van der Waals surface area contributed by atoms with Crippen LogP contribution < -0.4 is 9.62 Å². The fourth-order valence-electron chi connectivity index (χ4n) is 2.35. The van der Waals surface area contributed by atoms with Gasteiger partial charge in [0.05, 0.1) is 27.6 Å². The Morgan fingerprint density at radius 3 is 2.46 bits per heavy atom. The molecule has 0 spiro atoms. The van der Waals surface area contributed by atoms with Crippen LogP contribution in [0, 0.1) is 10.1 Å². The van der Waals surface area contributed by atoms with Gasteiger partial charge >= 0.3 is 0 Å². The van der Waals surface area contributed by atoms with Gasteiger partial charge in [-0.05, 0) is 25.1 Å². The van der Waals surface area contributed by atoms with E-state index in [1.54, 1.807) is 24.3 Å². The number of hydrogen-bond acceptors (Lipinski definition) is 5. The molecule has 1 unspecified atom stereocenters. The predicted octanol–water partition coefficient (Wildman–Crippen LogP) is 3.04. The molecule has 0 bridgehead atoms. The number of hydrogen-bond donors (Lipinski definition) is 1. The number of nitrogens with zero attached hydrogens (tertiary/aromatic N) is 2. The van der Waals surface area contributed by atoms with Gasteiger partial charge in [0, 0.05) is 12.1 Å². The summed E-state index contributed by atoms with van der Waals surface area (Å²) in [5.41, 5.74) is 0.0666. The molecule has 0 aliphatic carbocycles. The van der Waals surface area contributed by atoms with Crippen molar-refractivity contribution >= 4 is 44.6 Å². The van der Waals surface area contributed by atoms with Crippen LogP contribution in [0.1, 0.15) is 6.92 Å². The minimum Gasteiger partial charge on any atom is -0.323 e. The Balaban J connectivity index is 2.38. The number of carbonyl (C=O) groups excluding carboxylic acids is 1. The van der Waals surface area contributed by atoms with Crippen molar-refractivity contribution < 1.29 is 18.1 Å². The van der Waals surface area contributed by atoms with Crippen LogP contribution in [0.5, 0.6) is 0 Å². The highest BCUT2D eigenvalue weighted by atomic mass is 35.5. The van der Waals surface area contributed by atoms with Crippen molar-refractivity contribution in [3.8, 4) is 0 Å². The van der Waals surface area contributed by atoms with Crippen LogP contribution >= 0.6 is 11.6 Å². The van der Waals surface area contributed by atoms with Crippen molar-refractivity contribution in [1.29, 1.82) is 0 Å². The zero-order chi connectivity index (χ0) is 19.5. The second-order valence-electron chi connectivity index (χ2n) is 5.48. The number of sulfonamides is 1. The number of amides is 1. The summed E-state index contributed by atoms with van der Waals surface area (Å²) < 4.78 is 25.3. The Labute approximate surface area is 155 Å². The lowest BCUT2D eigenvalue weighted by Gasteiger charge is -2.28. The standard InChI is InChI=1S/C16H16ClN3O5S/c1-11(16(21)18-15-9-4-3-8-14(15)17)19(26(2,24)25)12-6-5-7-13(10-12)20(22)23/h3-11H,1-2H3,(H,18,21). The van der Waals surface area contributed by atoms with Crippen LogP contribution in [0.2, 0.25) is 5.02 Å². The molecule has 0 radical (unpaired) electrons. The lowest BCUT2D eigenvalue weighted by atomic mass is 10.2. The number of rotatable bonds is 6. The third kappa shape index (κ3) is 4.50. The molecule has 0 aliphatic heterocycles. The van der Waals surface area contributed by atoms with Gasteiger partial charge in [-0.25, -0.2) is 8.42 Å². The number of nitrogens with one attached hydrogen (secondary N) is 1. The zero-order valence-electron chi connectivity index (χ0n) is 13.9. The molecule has 10 heteroatoms. The molecule has 8 nitrogen and oxygen atoms in total. The summed E-state index contributed by atoms with van der Waals surface area (Å²) in [7, 11) is -3.89. The number of nitro groups is 1. The van der Waals surface area contributed by atoms with E-state index in [0.29, 0.717) is 10.7 Å². The van der Waals surface area contributed by atoms with Crippen LogP contribution in [-0.4, -0.2) is 31.5 Å². The molecule has 1 atom stereocenters. The fraction of sp³-hybridized carbons (Fsp3) is 0.188. The highest BCUT2D eigenvalue weighted by molar-refractivity contribution is 7.92. The van der Waals surface area contributed by atoms with E-state index >= 15 is 0 Å². The van der Waals surface area contributed by atoms with Crippen molar-refractivity contribution in [2.24, 2.45) is 0 Å². The fourth-order valence-corrected chi connectivity index (χ4v) is 3.70. The van der Waals surface area contributed by atoms with E-state index in [4.69, 9.17) is 11.6 Å². The molecule has 1 amide bonds. The third-order valence-corrected chi connectivity index (χ3v) is 5.09. The van der Waals surface area contributed by atoms with Crippen LogP contribution in [0.15, 0.2) is 48.5 Å². The molecule has 0 heterocycles. The lowest BCUT2D eigenvalue weighted by molar-refractivity contribution is -0.384. The van der Waals surface area contributed by atoms with Gasteiger partial charge in [-0.15, -0.1) is 0 Å². The third-order valence-electron chi connectivity index (χ3n) is 3.52. The summed E-state index contributed by atoms with van der Waals surface area (Å²) in [5, 5.41) is 13.8. The highest BCUT2D eigenvalue weighted by Gasteiger charge is 2.30. The van der Waals surface area contributed by atoms with E-state index in [1.807, 2.05) is 0 Å². The number of benzene rings is 2. The molecule has 26 heavy (non-hydrogen) atoms. The van der Waals surface area contributed by atoms with Crippen LogP contribution in [0.4, 0.5) is 17.1 Å². The summed E-state index contributed by atoms with van der Waals surface area (Å²) in [6.07, 6.45) is 0.922. The molecule has 2 aromatic rings. The van der Waals surface area contributed by atoms with E-state index in [1.165, 1.54) is 25.1 Å². The quantitative estimate of drug-likeness (QED) is 0.595. The predicted molar refractivity (Wildman–Crippen MR) is 100.0 cm³/mol. The van der Waals surface area contributed by atoms with Gasteiger partial charge in [-0.1, -0.05) is 29.8 Å². The Kier molecular flexibility index (Phi) is 5.83. The average molecular weight is 398 g/mol. The van der Waals surface area contributed by atoms with Gasteiger partial charge in [0.15, 0.2) is 0 Å². The first-order chi connectivity index (χ1) is 12.1. The van der Waals surface area contributed by atoms with E-state index in [-0.39, 0.29) is 11.4 Å². The van der Waals surface area contributed by atoms with Crippen LogP contribution in [0.3, 0.4) is 0 Å². The van der Waals surface area contributed by atoms with E-state index in [9.17, 15) is 23.3 Å². The smallest absolute Gasteiger partial charge is 0.271 e. The minimum atomic E-state index is -3.89. The van der Waals surface area contributed by atoms with E-state index in [0.717, 1.165) is 16.6 Å². The molecular formula is C16H16ClN3O5S. The van der Waals surface area contributed by atoms with E-state index < -0.39 is 26.9 Å². The monoisotopic (exact) mass is 397 g/mol. The number of non-ortho nitro benzene ring substituents is 1. The van der Waals surface area contributed by atoms with Crippen molar-refractivity contribution in [2.75, 3.05) is 15.9 Å². The molecular weight excluding hydrogens is 382 g/mol. The Hall–Kier alpha value is -2.65. The van der Waals surface area contributed by atoms with Crippen molar-refractivity contribution in [3.63, 3.8) is 0 Å². The summed E-state index contributed by atoms with van der Waals surface area (Å²) in [5.74, 6) is -0.630. The van der Waals surface area contributed by atoms with Crippen LogP contribution in [0.25, 0.3) is 0 Å². The first-order valence-electron chi connectivity index (χ1n) is 7.40. The molecule has 0 aromatic heterocycles. The molecule has 138 valence electrons. The SMILES string of the molecule is CC(C(=O)Nc1ccccc1Cl)N(c1cccc([N+](=O)[O-])c1)S(C)(=O)=O. The summed E-state index contributed by atoms with van der Waals surface area (Å²) in [6.45, 7) is 1.38. The van der Waals surface area contributed by atoms with Crippen LogP contribution in [-0.2, 0) is 14.8 Å². The molecule has 0 fully saturated rings. The Morgan fingerprint density at radius 2 is 1.88 bits per heavy atom. The number of para-hydroxylation sites is 1. The summed E-state index contributed by atoms with van der Waals surface area (Å²) in [4.78, 5) is 22.8. The number of carbonyl (C=O) groups is 1. The van der Waals surface area contributed by atoms with Gasteiger partial charge in [0.1, 0.15) is 6.04 Å². The van der Waals surface area contributed by atoms with Gasteiger partial charge < -0.3 is 5.32 Å². The average Bonchev–Trinajstić information content (AvgIpc) is 2.56. The minimum absolute atomic E-state index is 0.0171. The topological polar surface area (TPSA) is 110 Å². The van der Waals surface area contributed by atoms with Gasteiger partial charge in [0.2, 0.25) is 15.9 Å². The summed E-state index contributed by atoms with van der Waals surface area (Å²) >= 11 is 5.99. The largest absolute Gasteiger partial charge is 0.323 e. The van der Waals surface area contributed by atoms with Gasteiger partial charge in [-0.2, -0.15) is 0 Å². The molecule has 0 aliphatic rings. The lowest BCUT2D eigenvalue weighted by Crippen LogP contribution is -2.45. The molecule has 0 saturated carbocycles. The Bertz CT molecular complexity index is 948. The second-order valence-corrected chi connectivity index (χ2v) is 7.75. The molecule has 0 saturated heterocycles. The van der Waals surface area contributed by atoms with E-state index in [2.05, 4.69) is 5.32 Å². The first-order valence-corrected chi connectivity index (χ1v) is 9.63. The second kappa shape index (κ2) is 7.71. The summed E-state index contributed by atoms with van der Waals surface area (Å²) in [6, 6.07) is 10.4. The van der Waals surface area contributed by atoms with Gasteiger partial charge in [-0.3, -0.25) is 19.2 Å². The number of nitro benzene ring substituents is 1. The molecule has 2 rings (SSSR count). The Morgan fingerprint density at radius 1 is 1.23 bits per heavy atom. The maximum atomic E-state index is 12.5. The first kappa shape index (κ1) is 19.7. The maximum absolute atomic E-state index is 12.5. The number of anilines is 2. The molecule has 2 aromatic carbocycles.